The van der Waals surface area contributed by atoms with Crippen LogP contribution in [0.5, 0.6) is 0 Å². The Hall–Kier alpha value is -2.95. The van der Waals surface area contributed by atoms with E-state index in [9.17, 15) is 14.4 Å². The van der Waals surface area contributed by atoms with E-state index >= 15 is 0 Å². The SMILES string of the molecule is Cc1ccc2[nH]c3c(c2c1)C(=O)c1c(c(C)cc(=O)n1C)C3=O. The van der Waals surface area contributed by atoms with Crippen LogP contribution in [0.15, 0.2) is 29.1 Å². The van der Waals surface area contributed by atoms with E-state index in [4.69, 9.17) is 0 Å². The molecule has 0 amide bonds. The maximum absolute atomic E-state index is 13.0. The van der Waals surface area contributed by atoms with Crippen LogP contribution < -0.4 is 5.56 Å². The Labute approximate surface area is 131 Å². The number of hydrogen-bond donors (Lipinski definition) is 1. The summed E-state index contributed by atoms with van der Waals surface area (Å²) in [5.41, 5.74) is 3.15. The van der Waals surface area contributed by atoms with Crippen molar-refractivity contribution >= 4 is 22.5 Å². The molecule has 0 aliphatic heterocycles. The normalized spacial score (nSPS) is 13.3. The number of pyridine rings is 1. The van der Waals surface area contributed by atoms with Crippen molar-refractivity contribution in [2.75, 3.05) is 0 Å². The number of aryl methyl sites for hydroxylation is 2. The van der Waals surface area contributed by atoms with Crippen LogP contribution in [0.25, 0.3) is 10.9 Å². The van der Waals surface area contributed by atoms with Crippen LogP contribution in [0.4, 0.5) is 0 Å². The Kier molecular flexibility index (Phi) is 2.55. The molecule has 0 radical (unpaired) electrons. The van der Waals surface area contributed by atoms with E-state index in [1.807, 2.05) is 25.1 Å². The molecule has 5 nitrogen and oxygen atoms in total. The largest absolute Gasteiger partial charge is 0.351 e. The van der Waals surface area contributed by atoms with Crippen molar-refractivity contribution in [3.8, 4) is 0 Å². The Morgan fingerprint density at radius 1 is 0.957 bits per heavy atom. The summed E-state index contributed by atoms with van der Waals surface area (Å²) in [5, 5.41) is 0.720. The summed E-state index contributed by atoms with van der Waals surface area (Å²) in [6.45, 7) is 3.62. The van der Waals surface area contributed by atoms with Crippen LogP contribution in [-0.4, -0.2) is 21.1 Å². The third kappa shape index (κ3) is 1.64. The number of aromatic amines is 1. The summed E-state index contributed by atoms with van der Waals surface area (Å²) in [6, 6.07) is 7.06. The quantitative estimate of drug-likeness (QED) is 0.541. The van der Waals surface area contributed by atoms with Crippen LogP contribution in [0.3, 0.4) is 0 Å². The Balaban J connectivity index is 2.17. The lowest BCUT2D eigenvalue weighted by Crippen LogP contribution is -2.31. The molecule has 0 saturated heterocycles. The second-order valence-corrected chi connectivity index (χ2v) is 6.03. The second kappa shape index (κ2) is 4.29. The number of aromatic nitrogens is 2. The number of hydrogen-bond acceptors (Lipinski definition) is 3. The monoisotopic (exact) mass is 306 g/mol. The number of H-pyrrole nitrogens is 1. The van der Waals surface area contributed by atoms with Crippen LogP contribution in [-0.2, 0) is 7.05 Å². The average molecular weight is 306 g/mol. The molecule has 0 atom stereocenters. The number of ketones is 2. The molecule has 3 aromatic rings. The molecule has 0 saturated carbocycles. The molecule has 1 aliphatic rings. The Bertz CT molecular complexity index is 1100. The number of benzene rings is 1. The summed E-state index contributed by atoms with van der Waals surface area (Å²) in [4.78, 5) is 41.0. The van der Waals surface area contributed by atoms with E-state index < -0.39 is 0 Å². The van der Waals surface area contributed by atoms with Crippen LogP contribution in [0.2, 0.25) is 0 Å². The lowest BCUT2D eigenvalue weighted by Gasteiger charge is -2.19. The summed E-state index contributed by atoms with van der Waals surface area (Å²) in [7, 11) is 1.52. The molecule has 2 heterocycles. The highest BCUT2D eigenvalue weighted by Gasteiger charge is 2.36. The number of carbonyl (C=O) groups is 2. The van der Waals surface area contributed by atoms with Gasteiger partial charge >= 0.3 is 0 Å². The van der Waals surface area contributed by atoms with Crippen molar-refractivity contribution in [1.82, 2.24) is 9.55 Å². The molecule has 0 spiro atoms. The van der Waals surface area contributed by atoms with E-state index in [2.05, 4.69) is 4.98 Å². The van der Waals surface area contributed by atoms with Gasteiger partial charge in [0.05, 0.1) is 16.8 Å². The molecule has 1 aliphatic carbocycles. The zero-order valence-corrected chi connectivity index (χ0v) is 13.0. The molecule has 4 rings (SSSR count). The Morgan fingerprint density at radius 3 is 2.43 bits per heavy atom. The number of rotatable bonds is 0. The van der Waals surface area contributed by atoms with Gasteiger partial charge in [-0.2, -0.15) is 0 Å². The molecule has 5 heteroatoms. The van der Waals surface area contributed by atoms with Gasteiger partial charge in [-0.25, -0.2) is 0 Å². The van der Waals surface area contributed by atoms with E-state index in [0.29, 0.717) is 22.4 Å². The topological polar surface area (TPSA) is 71.9 Å². The van der Waals surface area contributed by atoms with Gasteiger partial charge in [-0.15, -0.1) is 0 Å². The average Bonchev–Trinajstić information content (AvgIpc) is 2.87. The number of carbonyl (C=O) groups excluding carboxylic acids is 2. The molecular weight excluding hydrogens is 292 g/mol. The fourth-order valence-electron chi connectivity index (χ4n) is 3.33. The summed E-state index contributed by atoms with van der Waals surface area (Å²) in [6.07, 6.45) is 0. The van der Waals surface area contributed by atoms with Gasteiger partial charge < -0.3 is 9.55 Å². The third-order valence-corrected chi connectivity index (χ3v) is 4.49. The van der Waals surface area contributed by atoms with Crippen molar-refractivity contribution in [2.45, 2.75) is 13.8 Å². The molecule has 114 valence electrons. The van der Waals surface area contributed by atoms with E-state index in [1.54, 1.807) is 6.92 Å². The summed E-state index contributed by atoms with van der Waals surface area (Å²) >= 11 is 0. The van der Waals surface area contributed by atoms with Gasteiger partial charge in [-0.3, -0.25) is 14.4 Å². The zero-order chi connectivity index (χ0) is 16.5. The van der Waals surface area contributed by atoms with Crippen molar-refractivity contribution < 1.29 is 9.59 Å². The minimum Gasteiger partial charge on any atom is -0.351 e. The fourth-order valence-corrected chi connectivity index (χ4v) is 3.33. The highest BCUT2D eigenvalue weighted by atomic mass is 16.1. The van der Waals surface area contributed by atoms with E-state index in [0.717, 1.165) is 16.5 Å². The van der Waals surface area contributed by atoms with Crippen molar-refractivity contribution in [2.24, 2.45) is 7.05 Å². The van der Waals surface area contributed by atoms with Gasteiger partial charge in [-0.1, -0.05) is 11.6 Å². The molecule has 0 unspecified atom stereocenters. The predicted molar refractivity (Wildman–Crippen MR) is 86.3 cm³/mol. The van der Waals surface area contributed by atoms with Crippen LogP contribution in [0.1, 0.15) is 43.2 Å². The van der Waals surface area contributed by atoms with Crippen molar-refractivity contribution in [3.05, 3.63) is 68.3 Å². The smallest absolute Gasteiger partial charge is 0.251 e. The van der Waals surface area contributed by atoms with Crippen LogP contribution >= 0.6 is 0 Å². The number of fused-ring (bicyclic) bond motifs is 4. The lowest BCUT2D eigenvalue weighted by molar-refractivity contribution is 0.0970. The maximum Gasteiger partial charge on any atom is 0.251 e. The predicted octanol–water partition coefficient (Wildman–Crippen LogP) is 2.26. The fraction of sp³-hybridized carbons (Fsp3) is 0.167. The molecule has 1 aromatic carbocycles. The molecule has 1 N–H and O–H groups in total. The standard InChI is InChI=1S/C18H14N2O3/c1-8-4-5-11-10(6-8)14-15(19-11)17(22)13-9(2)7-12(21)20(3)16(13)18(14)23/h4-7,19H,1-3H3. The summed E-state index contributed by atoms with van der Waals surface area (Å²) < 4.78 is 1.26. The molecule has 0 fully saturated rings. The van der Waals surface area contributed by atoms with Crippen LogP contribution in [0, 0.1) is 13.8 Å². The van der Waals surface area contributed by atoms with Gasteiger partial charge in [-0.05, 0) is 31.5 Å². The first-order valence-corrected chi connectivity index (χ1v) is 7.32. The zero-order valence-electron chi connectivity index (χ0n) is 13.0. The highest BCUT2D eigenvalue weighted by Crippen LogP contribution is 2.33. The lowest BCUT2D eigenvalue weighted by atomic mass is 9.87. The van der Waals surface area contributed by atoms with E-state index in [-0.39, 0.29) is 22.8 Å². The number of nitrogens with zero attached hydrogens (tertiary/aromatic N) is 1. The molecule has 23 heavy (non-hydrogen) atoms. The first-order valence-electron chi connectivity index (χ1n) is 7.32. The molecule has 2 aromatic heterocycles. The minimum absolute atomic E-state index is 0.176. The highest BCUT2D eigenvalue weighted by molar-refractivity contribution is 6.31. The van der Waals surface area contributed by atoms with Gasteiger partial charge in [0.1, 0.15) is 5.69 Å². The van der Waals surface area contributed by atoms with Crippen molar-refractivity contribution in [3.63, 3.8) is 0 Å². The van der Waals surface area contributed by atoms with Crippen molar-refractivity contribution in [1.29, 1.82) is 0 Å². The van der Waals surface area contributed by atoms with Gasteiger partial charge in [0.15, 0.2) is 0 Å². The third-order valence-electron chi connectivity index (χ3n) is 4.49. The first kappa shape index (κ1) is 13.7. The first-order chi connectivity index (χ1) is 10.9. The van der Waals surface area contributed by atoms with E-state index in [1.165, 1.54) is 17.7 Å². The van der Waals surface area contributed by atoms with Gasteiger partial charge in [0.2, 0.25) is 11.6 Å². The van der Waals surface area contributed by atoms with Gasteiger partial charge in [0.25, 0.3) is 5.56 Å². The van der Waals surface area contributed by atoms with Gasteiger partial charge in [0, 0.05) is 24.0 Å². The molecular formula is C18H14N2O3. The Morgan fingerprint density at radius 2 is 1.70 bits per heavy atom. The second-order valence-electron chi connectivity index (χ2n) is 6.03. The summed E-state index contributed by atoms with van der Waals surface area (Å²) in [5.74, 6) is -0.522. The molecule has 0 bridgehead atoms. The number of nitrogens with one attached hydrogen (secondary N) is 1. The maximum atomic E-state index is 13.0. The minimum atomic E-state index is -0.290.